The zero-order chi connectivity index (χ0) is 13.1. The monoisotopic (exact) mass is 409 g/mol. The van der Waals surface area contributed by atoms with Crippen LogP contribution in [0.2, 0.25) is 5.15 Å². The molecule has 0 unspecified atom stereocenters. The maximum Gasteiger partial charge on any atom is 0.178 e. The van der Waals surface area contributed by atoms with Crippen LogP contribution in [0.4, 0.5) is 5.82 Å². The van der Waals surface area contributed by atoms with Gasteiger partial charge in [0.1, 0.15) is 5.15 Å². The van der Waals surface area contributed by atoms with Gasteiger partial charge in [0.25, 0.3) is 0 Å². The highest BCUT2D eigenvalue weighted by Crippen LogP contribution is 2.30. The van der Waals surface area contributed by atoms with Gasteiger partial charge in [0.2, 0.25) is 0 Å². The van der Waals surface area contributed by atoms with Crippen molar-refractivity contribution in [3.8, 4) is 5.75 Å². The highest BCUT2D eigenvalue weighted by Gasteiger charge is 2.05. The van der Waals surface area contributed by atoms with Crippen molar-refractivity contribution in [2.24, 2.45) is 0 Å². The van der Waals surface area contributed by atoms with Gasteiger partial charge in [-0.3, -0.25) is 0 Å². The van der Waals surface area contributed by atoms with Gasteiger partial charge in [-0.2, -0.15) is 0 Å². The fraction of sp³-hybridized carbons (Fsp3) is 0. The Labute approximate surface area is 130 Å². The van der Waals surface area contributed by atoms with Crippen molar-refractivity contribution in [1.82, 2.24) is 9.97 Å². The van der Waals surface area contributed by atoms with E-state index in [2.05, 4.69) is 46.5 Å². The Bertz CT molecular complexity index is 585. The average Bonchev–Trinajstić information content (AvgIpc) is 2.32. The molecule has 0 amide bonds. The number of nitrogens with zero attached hydrogens (tertiary/aromatic N) is 2. The summed E-state index contributed by atoms with van der Waals surface area (Å²) < 4.78 is 4.36. The first-order chi connectivity index (χ1) is 8.56. The van der Waals surface area contributed by atoms with Crippen LogP contribution in [0.25, 0.3) is 0 Å². The standard InChI is InChI=1S/C10H6Br2ClN3OS/c11-5-1-8(17)10(15-3-5)16-18-6-2-7(12)9(13)14-4-6/h1-4,17H,(H,15,16). The van der Waals surface area contributed by atoms with Crippen LogP contribution in [0, 0.1) is 0 Å². The molecule has 0 atom stereocenters. The Morgan fingerprint density at radius 1 is 1.22 bits per heavy atom. The second-order valence-corrected chi connectivity index (χ2v) is 6.18. The molecule has 2 rings (SSSR count). The molecule has 0 bridgehead atoms. The molecule has 0 radical (unpaired) electrons. The van der Waals surface area contributed by atoms with Gasteiger partial charge in [-0.05, 0) is 55.9 Å². The largest absolute Gasteiger partial charge is 0.504 e. The Morgan fingerprint density at radius 3 is 2.67 bits per heavy atom. The van der Waals surface area contributed by atoms with E-state index >= 15 is 0 Å². The first-order valence-electron chi connectivity index (χ1n) is 4.64. The zero-order valence-corrected chi connectivity index (χ0v) is 13.4. The molecule has 8 heteroatoms. The fourth-order valence-electron chi connectivity index (χ4n) is 1.07. The molecule has 0 aromatic carbocycles. The summed E-state index contributed by atoms with van der Waals surface area (Å²) >= 11 is 13.6. The van der Waals surface area contributed by atoms with Crippen molar-refractivity contribution in [1.29, 1.82) is 0 Å². The highest BCUT2D eigenvalue weighted by atomic mass is 79.9. The summed E-state index contributed by atoms with van der Waals surface area (Å²) in [6, 6.07) is 3.38. The van der Waals surface area contributed by atoms with Crippen LogP contribution in [0.1, 0.15) is 0 Å². The lowest BCUT2D eigenvalue weighted by molar-refractivity contribution is 0.475. The molecule has 2 N–H and O–H groups in total. The molecule has 0 aliphatic carbocycles. The van der Waals surface area contributed by atoms with E-state index in [4.69, 9.17) is 11.6 Å². The Kier molecular flexibility index (Phi) is 4.71. The molecule has 0 saturated heterocycles. The van der Waals surface area contributed by atoms with E-state index in [9.17, 15) is 5.11 Å². The van der Waals surface area contributed by atoms with Crippen molar-refractivity contribution in [3.63, 3.8) is 0 Å². The minimum atomic E-state index is 0.0675. The molecule has 18 heavy (non-hydrogen) atoms. The molecule has 2 heterocycles. The van der Waals surface area contributed by atoms with Gasteiger partial charge in [-0.1, -0.05) is 11.6 Å². The van der Waals surface area contributed by atoms with Crippen LogP contribution >= 0.6 is 55.4 Å². The fourth-order valence-corrected chi connectivity index (χ4v) is 2.65. The molecule has 0 spiro atoms. The van der Waals surface area contributed by atoms with Crippen molar-refractivity contribution in [2.45, 2.75) is 4.90 Å². The number of hydrogen-bond acceptors (Lipinski definition) is 5. The summed E-state index contributed by atoms with van der Waals surface area (Å²) in [5, 5.41) is 10.1. The number of hydrogen-bond donors (Lipinski definition) is 2. The van der Waals surface area contributed by atoms with E-state index in [1.807, 2.05) is 6.07 Å². The lowest BCUT2D eigenvalue weighted by Crippen LogP contribution is -1.91. The Hall–Kier alpha value is -0.500. The maximum absolute atomic E-state index is 9.65. The lowest BCUT2D eigenvalue weighted by Gasteiger charge is -2.07. The molecule has 94 valence electrons. The molecule has 0 saturated carbocycles. The number of rotatable bonds is 3. The Balaban J connectivity index is 2.09. The third-order valence-corrected chi connectivity index (χ3v) is 4.19. The van der Waals surface area contributed by atoms with Crippen molar-refractivity contribution in [2.75, 3.05) is 4.72 Å². The highest BCUT2D eigenvalue weighted by molar-refractivity contribution is 9.10. The van der Waals surface area contributed by atoms with Gasteiger partial charge in [-0.15, -0.1) is 0 Å². The summed E-state index contributed by atoms with van der Waals surface area (Å²) in [7, 11) is 0. The zero-order valence-electron chi connectivity index (χ0n) is 8.69. The molecular formula is C10H6Br2ClN3OS. The van der Waals surface area contributed by atoms with Crippen LogP contribution in [0.3, 0.4) is 0 Å². The summed E-state index contributed by atoms with van der Waals surface area (Å²) in [5.41, 5.74) is 0. The van der Waals surface area contributed by atoms with Crippen molar-refractivity contribution < 1.29 is 5.11 Å². The Morgan fingerprint density at radius 2 is 2.00 bits per heavy atom. The molecule has 0 fully saturated rings. The molecule has 4 nitrogen and oxygen atoms in total. The normalized spacial score (nSPS) is 10.4. The molecule has 0 aliphatic heterocycles. The van der Waals surface area contributed by atoms with Gasteiger partial charge < -0.3 is 9.83 Å². The topological polar surface area (TPSA) is 58.0 Å². The van der Waals surface area contributed by atoms with Crippen molar-refractivity contribution in [3.05, 3.63) is 38.6 Å². The van der Waals surface area contributed by atoms with E-state index in [1.54, 1.807) is 18.5 Å². The number of aromatic nitrogens is 2. The van der Waals surface area contributed by atoms with Crippen LogP contribution < -0.4 is 4.72 Å². The number of pyridine rings is 2. The second kappa shape index (κ2) is 6.10. The predicted molar refractivity (Wildman–Crippen MR) is 80.0 cm³/mol. The number of nitrogens with one attached hydrogen (secondary N) is 1. The van der Waals surface area contributed by atoms with E-state index < -0.39 is 0 Å². The van der Waals surface area contributed by atoms with Crippen LogP contribution in [-0.4, -0.2) is 15.1 Å². The number of halogens is 3. The number of anilines is 1. The molecule has 0 aliphatic rings. The van der Waals surface area contributed by atoms with Gasteiger partial charge in [-0.25, -0.2) is 9.97 Å². The van der Waals surface area contributed by atoms with Gasteiger partial charge >= 0.3 is 0 Å². The van der Waals surface area contributed by atoms with E-state index in [0.29, 0.717) is 19.9 Å². The predicted octanol–water partition coefficient (Wildman–Crippen LogP) is 4.48. The lowest BCUT2D eigenvalue weighted by atomic mass is 10.4. The van der Waals surface area contributed by atoms with E-state index in [1.165, 1.54) is 11.9 Å². The molecule has 2 aromatic heterocycles. The van der Waals surface area contributed by atoms with Gasteiger partial charge in [0, 0.05) is 21.8 Å². The first-order valence-corrected chi connectivity index (χ1v) is 7.42. The van der Waals surface area contributed by atoms with Crippen LogP contribution in [0.15, 0.2) is 38.4 Å². The quantitative estimate of drug-likeness (QED) is 0.576. The first kappa shape index (κ1) is 13.9. The van der Waals surface area contributed by atoms with E-state index in [0.717, 1.165) is 4.90 Å². The van der Waals surface area contributed by atoms with Crippen LogP contribution in [0.5, 0.6) is 5.75 Å². The molecular weight excluding hydrogens is 405 g/mol. The minimum absolute atomic E-state index is 0.0675. The average molecular weight is 412 g/mol. The van der Waals surface area contributed by atoms with Crippen LogP contribution in [-0.2, 0) is 0 Å². The third kappa shape index (κ3) is 3.50. The summed E-state index contributed by atoms with van der Waals surface area (Å²) in [4.78, 5) is 8.88. The maximum atomic E-state index is 9.65. The van der Waals surface area contributed by atoms with Crippen molar-refractivity contribution >= 4 is 61.2 Å². The third-order valence-electron chi connectivity index (χ3n) is 1.87. The smallest absolute Gasteiger partial charge is 0.178 e. The number of aromatic hydroxyl groups is 1. The van der Waals surface area contributed by atoms with E-state index in [-0.39, 0.29) is 5.75 Å². The SMILES string of the molecule is Oc1cc(Br)cnc1NSc1cnc(Cl)c(Br)c1. The van der Waals surface area contributed by atoms with Gasteiger partial charge in [0.15, 0.2) is 11.6 Å². The molecule has 2 aromatic rings. The minimum Gasteiger partial charge on any atom is -0.504 e. The summed E-state index contributed by atoms with van der Waals surface area (Å²) in [5.74, 6) is 0.451. The van der Waals surface area contributed by atoms with Gasteiger partial charge in [0.05, 0.1) is 4.47 Å². The summed E-state index contributed by atoms with van der Waals surface area (Å²) in [6.07, 6.45) is 3.22. The summed E-state index contributed by atoms with van der Waals surface area (Å²) in [6.45, 7) is 0. The second-order valence-electron chi connectivity index (χ2n) is 3.17.